The minimum atomic E-state index is 0.655. The highest BCUT2D eigenvalue weighted by atomic mass is 35.5. The molecule has 136 valence electrons. The van der Waals surface area contributed by atoms with Gasteiger partial charge in [-0.15, -0.1) is 0 Å². The Labute approximate surface area is 167 Å². The van der Waals surface area contributed by atoms with Gasteiger partial charge in [0, 0.05) is 17.0 Å². The Morgan fingerprint density at radius 3 is 2.85 bits per heavy atom. The minimum absolute atomic E-state index is 0.655. The van der Waals surface area contributed by atoms with Crippen molar-refractivity contribution >= 4 is 34.4 Å². The predicted octanol–water partition coefficient (Wildman–Crippen LogP) is 5.43. The summed E-state index contributed by atoms with van der Waals surface area (Å²) in [5.41, 5.74) is 4.19. The van der Waals surface area contributed by atoms with Crippen LogP contribution in [-0.2, 0) is 12.3 Å². The van der Waals surface area contributed by atoms with Crippen molar-refractivity contribution in [1.29, 1.82) is 0 Å². The normalized spacial score (nSPS) is 11.0. The fourth-order valence-corrected chi connectivity index (χ4v) is 4.07. The standard InChI is InChI=1S/C21H18ClN3OS/c1-26-17-7-4-5-15(11-17)14-27-21-24-19-9-10-23-12-20(19)25(21)13-16-6-2-3-8-18(16)22/h2-12H,13-14H2,1H3. The van der Waals surface area contributed by atoms with Gasteiger partial charge in [-0.3, -0.25) is 4.98 Å². The van der Waals surface area contributed by atoms with Crippen molar-refractivity contribution in [2.75, 3.05) is 7.11 Å². The van der Waals surface area contributed by atoms with Gasteiger partial charge in [-0.1, -0.05) is 53.7 Å². The molecule has 4 rings (SSSR count). The van der Waals surface area contributed by atoms with Gasteiger partial charge < -0.3 is 9.30 Å². The Kier molecular flexibility index (Phi) is 5.32. The number of halogens is 1. The maximum Gasteiger partial charge on any atom is 0.169 e. The zero-order valence-corrected chi connectivity index (χ0v) is 16.4. The van der Waals surface area contributed by atoms with Gasteiger partial charge in [0.25, 0.3) is 0 Å². The number of hydrogen-bond acceptors (Lipinski definition) is 4. The average Bonchev–Trinajstić information content (AvgIpc) is 3.06. The topological polar surface area (TPSA) is 39.9 Å². The van der Waals surface area contributed by atoms with Gasteiger partial charge in [-0.05, 0) is 35.4 Å². The first-order valence-corrected chi connectivity index (χ1v) is 9.90. The van der Waals surface area contributed by atoms with E-state index in [4.69, 9.17) is 21.3 Å². The van der Waals surface area contributed by atoms with E-state index < -0.39 is 0 Å². The third-order valence-electron chi connectivity index (χ3n) is 4.30. The molecule has 0 amide bonds. The molecule has 0 atom stereocenters. The molecule has 0 saturated heterocycles. The summed E-state index contributed by atoms with van der Waals surface area (Å²) in [6, 6.07) is 17.9. The quantitative estimate of drug-likeness (QED) is 0.408. The van der Waals surface area contributed by atoms with E-state index in [1.54, 1.807) is 25.1 Å². The number of pyridine rings is 1. The molecule has 0 fully saturated rings. The van der Waals surface area contributed by atoms with Crippen LogP contribution in [0.5, 0.6) is 5.75 Å². The van der Waals surface area contributed by atoms with E-state index in [9.17, 15) is 0 Å². The molecule has 0 spiro atoms. The molecule has 0 aliphatic carbocycles. The molecule has 27 heavy (non-hydrogen) atoms. The first-order chi connectivity index (χ1) is 13.2. The molecule has 0 aliphatic rings. The van der Waals surface area contributed by atoms with Crippen LogP contribution in [-0.4, -0.2) is 21.6 Å². The minimum Gasteiger partial charge on any atom is -0.497 e. The lowest BCUT2D eigenvalue weighted by atomic mass is 10.2. The van der Waals surface area contributed by atoms with E-state index >= 15 is 0 Å². The van der Waals surface area contributed by atoms with Gasteiger partial charge in [0.05, 0.1) is 30.9 Å². The van der Waals surface area contributed by atoms with Crippen molar-refractivity contribution in [2.24, 2.45) is 0 Å². The molecule has 0 bridgehead atoms. The molecule has 2 aromatic carbocycles. The van der Waals surface area contributed by atoms with E-state index in [1.807, 2.05) is 48.7 Å². The van der Waals surface area contributed by atoms with Crippen LogP contribution >= 0.6 is 23.4 Å². The maximum absolute atomic E-state index is 6.38. The molecule has 4 nitrogen and oxygen atoms in total. The predicted molar refractivity (Wildman–Crippen MR) is 111 cm³/mol. The molecule has 4 aromatic rings. The number of rotatable bonds is 6. The Hall–Kier alpha value is -2.50. The number of aromatic nitrogens is 3. The molecule has 2 aromatic heterocycles. The number of nitrogens with zero attached hydrogens (tertiary/aromatic N) is 3. The summed E-state index contributed by atoms with van der Waals surface area (Å²) in [4.78, 5) is 9.08. The summed E-state index contributed by atoms with van der Waals surface area (Å²) in [6.07, 6.45) is 3.63. The largest absolute Gasteiger partial charge is 0.497 e. The maximum atomic E-state index is 6.38. The molecular weight excluding hydrogens is 378 g/mol. The van der Waals surface area contributed by atoms with Crippen molar-refractivity contribution in [3.05, 3.63) is 83.1 Å². The third-order valence-corrected chi connectivity index (χ3v) is 5.72. The number of fused-ring (bicyclic) bond motifs is 1. The molecule has 2 heterocycles. The van der Waals surface area contributed by atoms with Crippen LogP contribution in [0.2, 0.25) is 5.02 Å². The van der Waals surface area contributed by atoms with Crippen LogP contribution < -0.4 is 4.74 Å². The molecular formula is C21H18ClN3OS. The average molecular weight is 396 g/mol. The Bertz CT molecular complexity index is 1080. The number of imidazole rings is 1. The summed E-state index contributed by atoms with van der Waals surface area (Å²) in [5, 5.41) is 1.70. The molecule has 0 saturated carbocycles. The Morgan fingerprint density at radius 1 is 1.11 bits per heavy atom. The van der Waals surface area contributed by atoms with Gasteiger partial charge in [-0.2, -0.15) is 0 Å². The van der Waals surface area contributed by atoms with Crippen molar-refractivity contribution in [1.82, 2.24) is 14.5 Å². The van der Waals surface area contributed by atoms with Crippen LogP contribution in [0.4, 0.5) is 0 Å². The van der Waals surface area contributed by atoms with Crippen LogP contribution in [0.1, 0.15) is 11.1 Å². The second-order valence-corrected chi connectivity index (χ2v) is 7.43. The zero-order chi connectivity index (χ0) is 18.6. The number of methoxy groups -OCH3 is 1. The highest BCUT2D eigenvalue weighted by Crippen LogP contribution is 2.29. The first-order valence-electron chi connectivity index (χ1n) is 8.54. The zero-order valence-electron chi connectivity index (χ0n) is 14.8. The van der Waals surface area contributed by atoms with Gasteiger partial charge >= 0.3 is 0 Å². The summed E-state index contributed by atoms with van der Waals surface area (Å²) in [7, 11) is 1.68. The monoisotopic (exact) mass is 395 g/mol. The fourth-order valence-electron chi connectivity index (χ4n) is 2.92. The van der Waals surface area contributed by atoms with Crippen molar-refractivity contribution in [3.8, 4) is 5.75 Å². The van der Waals surface area contributed by atoms with Crippen LogP contribution in [0.15, 0.2) is 72.1 Å². The van der Waals surface area contributed by atoms with E-state index in [2.05, 4.69) is 21.7 Å². The smallest absolute Gasteiger partial charge is 0.169 e. The molecule has 6 heteroatoms. The van der Waals surface area contributed by atoms with Crippen LogP contribution in [0.25, 0.3) is 11.0 Å². The second-order valence-electron chi connectivity index (χ2n) is 6.08. The Balaban J connectivity index is 1.66. The van der Waals surface area contributed by atoms with Gasteiger partial charge in [0.2, 0.25) is 0 Å². The van der Waals surface area contributed by atoms with Crippen molar-refractivity contribution < 1.29 is 4.74 Å². The third kappa shape index (κ3) is 3.94. The molecule has 0 N–H and O–H groups in total. The van der Waals surface area contributed by atoms with Crippen molar-refractivity contribution in [3.63, 3.8) is 0 Å². The van der Waals surface area contributed by atoms with E-state index in [1.165, 1.54) is 5.56 Å². The van der Waals surface area contributed by atoms with E-state index in [0.29, 0.717) is 6.54 Å². The molecule has 0 aliphatic heterocycles. The number of ether oxygens (including phenoxy) is 1. The summed E-state index contributed by atoms with van der Waals surface area (Å²) >= 11 is 8.08. The first kappa shape index (κ1) is 17.9. The summed E-state index contributed by atoms with van der Waals surface area (Å²) in [5.74, 6) is 1.66. The van der Waals surface area contributed by atoms with Gasteiger partial charge in [-0.25, -0.2) is 4.98 Å². The lowest BCUT2D eigenvalue weighted by Gasteiger charge is -2.10. The van der Waals surface area contributed by atoms with Crippen LogP contribution in [0, 0.1) is 0 Å². The van der Waals surface area contributed by atoms with Gasteiger partial charge in [0.15, 0.2) is 5.16 Å². The highest BCUT2D eigenvalue weighted by Gasteiger charge is 2.13. The number of hydrogen-bond donors (Lipinski definition) is 0. The van der Waals surface area contributed by atoms with Crippen molar-refractivity contribution in [2.45, 2.75) is 17.5 Å². The second kappa shape index (κ2) is 8.03. The lowest BCUT2D eigenvalue weighted by Crippen LogP contribution is -2.02. The number of benzene rings is 2. The van der Waals surface area contributed by atoms with E-state index in [0.717, 1.165) is 38.3 Å². The number of thioether (sulfide) groups is 1. The molecule has 0 radical (unpaired) electrons. The highest BCUT2D eigenvalue weighted by molar-refractivity contribution is 7.98. The lowest BCUT2D eigenvalue weighted by molar-refractivity contribution is 0.414. The SMILES string of the molecule is COc1cccc(CSc2nc3ccncc3n2Cc2ccccc2Cl)c1. The van der Waals surface area contributed by atoms with Gasteiger partial charge in [0.1, 0.15) is 5.75 Å². The Morgan fingerprint density at radius 2 is 2.00 bits per heavy atom. The summed E-state index contributed by atoms with van der Waals surface area (Å²) in [6.45, 7) is 0.655. The molecule has 0 unspecified atom stereocenters. The fraction of sp³-hybridized carbons (Fsp3) is 0.143. The van der Waals surface area contributed by atoms with Crippen LogP contribution in [0.3, 0.4) is 0 Å². The summed E-state index contributed by atoms with van der Waals surface area (Å²) < 4.78 is 7.49. The van der Waals surface area contributed by atoms with E-state index in [-0.39, 0.29) is 0 Å².